The summed E-state index contributed by atoms with van der Waals surface area (Å²) in [7, 11) is 1.61. The number of thioether (sulfide) groups is 1. The van der Waals surface area contributed by atoms with Gasteiger partial charge in [-0.2, -0.15) is 0 Å². The third-order valence-corrected chi connectivity index (χ3v) is 1.88. The van der Waals surface area contributed by atoms with Gasteiger partial charge in [0, 0.05) is 4.90 Å². The Morgan fingerprint density at radius 1 is 1.36 bits per heavy atom. The van der Waals surface area contributed by atoms with Crippen LogP contribution in [0.25, 0.3) is 0 Å². The van der Waals surface area contributed by atoms with Gasteiger partial charge in [0.2, 0.25) is 0 Å². The van der Waals surface area contributed by atoms with Gasteiger partial charge in [-0.15, -0.1) is 0 Å². The topological polar surface area (TPSA) is 26.3 Å². The van der Waals surface area contributed by atoms with Crippen molar-refractivity contribution in [2.24, 2.45) is 0 Å². The van der Waals surface area contributed by atoms with Gasteiger partial charge >= 0.3 is 0 Å². The lowest BCUT2D eigenvalue weighted by Gasteiger charge is -1.98. The van der Waals surface area contributed by atoms with Crippen LogP contribution in [-0.2, 0) is 4.79 Å². The molecule has 0 fully saturated rings. The van der Waals surface area contributed by atoms with Crippen LogP contribution in [0.4, 0.5) is 0 Å². The van der Waals surface area contributed by atoms with E-state index in [1.165, 1.54) is 0 Å². The van der Waals surface area contributed by atoms with E-state index in [-0.39, 0.29) is 0 Å². The molecule has 0 heterocycles. The molecule has 0 amide bonds. The summed E-state index contributed by atoms with van der Waals surface area (Å²) in [6.07, 6.45) is 0. The zero-order valence-corrected chi connectivity index (χ0v) is 6.93. The largest absolute Gasteiger partial charge is 0.497 e. The minimum absolute atomic E-state index is 0.806. The van der Waals surface area contributed by atoms with E-state index in [1.54, 1.807) is 7.11 Å². The molecule has 1 rings (SSSR count). The molecule has 2 nitrogen and oxygen atoms in total. The first-order valence-electron chi connectivity index (χ1n) is 3.11. The Morgan fingerprint density at radius 3 is 2.45 bits per heavy atom. The van der Waals surface area contributed by atoms with E-state index >= 15 is 0 Å². The van der Waals surface area contributed by atoms with E-state index in [1.807, 2.05) is 24.3 Å². The van der Waals surface area contributed by atoms with Crippen LogP contribution in [0.15, 0.2) is 29.2 Å². The SMILES string of the molecule is COc1ccc(SC=O)cc1. The number of ether oxygens (including phenoxy) is 1. The predicted octanol–water partition coefficient (Wildman–Crippen LogP) is 1.98. The van der Waals surface area contributed by atoms with Crippen molar-refractivity contribution in [2.45, 2.75) is 4.90 Å². The molecule has 3 heteroatoms. The van der Waals surface area contributed by atoms with Crippen molar-refractivity contribution in [2.75, 3.05) is 7.11 Å². The third-order valence-electron chi connectivity index (χ3n) is 1.24. The zero-order valence-electron chi connectivity index (χ0n) is 6.11. The number of hydrogen-bond acceptors (Lipinski definition) is 3. The number of carbonyl (C=O) groups is 1. The Balaban J connectivity index is 2.74. The van der Waals surface area contributed by atoms with E-state index < -0.39 is 0 Å². The van der Waals surface area contributed by atoms with E-state index in [4.69, 9.17) is 4.74 Å². The van der Waals surface area contributed by atoms with Crippen molar-refractivity contribution in [1.29, 1.82) is 0 Å². The lowest BCUT2D eigenvalue weighted by atomic mass is 10.3. The summed E-state index contributed by atoms with van der Waals surface area (Å²) in [6, 6.07) is 7.34. The van der Waals surface area contributed by atoms with Crippen molar-refractivity contribution < 1.29 is 9.53 Å². The summed E-state index contributed by atoms with van der Waals surface area (Å²) in [4.78, 5) is 11.0. The van der Waals surface area contributed by atoms with Crippen LogP contribution in [0, 0.1) is 0 Å². The second-order valence-electron chi connectivity index (χ2n) is 1.89. The second kappa shape index (κ2) is 4.03. The molecular weight excluding hydrogens is 160 g/mol. The molecule has 58 valence electrons. The van der Waals surface area contributed by atoms with Crippen molar-refractivity contribution in [1.82, 2.24) is 0 Å². The van der Waals surface area contributed by atoms with Crippen LogP contribution >= 0.6 is 11.8 Å². The molecule has 11 heavy (non-hydrogen) atoms. The Kier molecular flexibility index (Phi) is 2.98. The molecule has 0 unspecified atom stereocenters. The standard InChI is InChI=1S/C8H8O2S/c1-10-7-2-4-8(5-3-7)11-6-9/h2-6H,1H3. The summed E-state index contributed by atoms with van der Waals surface area (Å²) in [5.41, 5.74) is 0.807. The molecular formula is C8H8O2S. The predicted molar refractivity (Wildman–Crippen MR) is 45.6 cm³/mol. The molecule has 0 spiro atoms. The van der Waals surface area contributed by atoms with Gasteiger partial charge in [0.1, 0.15) is 5.75 Å². The molecule has 0 atom stereocenters. The molecule has 1 aromatic carbocycles. The molecule has 0 radical (unpaired) electrons. The summed E-state index contributed by atoms with van der Waals surface area (Å²) >= 11 is 1.16. The molecule has 1 aromatic rings. The maximum absolute atomic E-state index is 10.1. The van der Waals surface area contributed by atoms with Gasteiger partial charge in [0.05, 0.1) is 7.11 Å². The summed E-state index contributed by atoms with van der Waals surface area (Å²) in [5.74, 6) is 0.806. The molecule has 0 aliphatic heterocycles. The summed E-state index contributed by atoms with van der Waals surface area (Å²) in [6.45, 7) is 0. The summed E-state index contributed by atoms with van der Waals surface area (Å²) < 4.78 is 4.95. The van der Waals surface area contributed by atoms with Crippen LogP contribution < -0.4 is 4.74 Å². The van der Waals surface area contributed by atoms with Crippen molar-refractivity contribution in [3.05, 3.63) is 24.3 Å². The van der Waals surface area contributed by atoms with Gasteiger partial charge in [-0.25, -0.2) is 0 Å². The second-order valence-corrected chi connectivity index (χ2v) is 2.79. The first-order chi connectivity index (χ1) is 5.36. The smallest absolute Gasteiger partial charge is 0.180 e. The highest BCUT2D eigenvalue weighted by atomic mass is 32.2. The Bertz CT molecular complexity index is 230. The van der Waals surface area contributed by atoms with Gasteiger partial charge in [0.15, 0.2) is 5.62 Å². The molecule has 0 saturated heterocycles. The number of methoxy groups -OCH3 is 1. The van der Waals surface area contributed by atoms with Crippen molar-refractivity contribution in [3.63, 3.8) is 0 Å². The average Bonchev–Trinajstić information content (AvgIpc) is 2.07. The Hall–Kier alpha value is -0.960. The number of hydrogen-bond donors (Lipinski definition) is 0. The minimum Gasteiger partial charge on any atom is -0.497 e. The molecule has 0 saturated carbocycles. The van der Waals surface area contributed by atoms with Crippen LogP contribution in [0.3, 0.4) is 0 Å². The van der Waals surface area contributed by atoms with E-state index in [0.29, 0.717) is 0 Å². The quantitative estimate of drug-likeness (QED) is 0.510. The van der Waals surface area contributed by atoms with Crippen LogP contribution in [0.5, 0.6) is 5.75 Å². The number of carbonyl (C=O) groups excluding carboxylic acids is 1. The van der Waals surface area contributed by atoms with Gasteiger partial charge in [-0.3, -0.25) is 4.79 Å². The maximum Gasteiger partial charge on any atom is 0.180 e. The average molecular weight is 168 g/mol. The van der Waals surface area contributed by atoms with E-state index in [2.05, 4.69) is 0 Å². The highest BCUT2D eigenvalue weighted by Crippen LogP contribution is 2.18. The Labute approximate surface area is 69.6 Å². The van der Waals surface area contributed by atoms with Crippen molar-refractivity contribution >= 4 is 17.4 Å². The fraction of sp³-hybridized carbons (Fsp3) is 0.125. The lowest BCUT2D eigenvalue weighted by molar-refractivity contribution is 0.414. The summed E-state index contributed by atoms with van der Waals surface area (Å²) in [5, 5.41) is 0. The van der Waals surface area contributed by atoms with Crippen LogP contribution in [0.1, 0.15) is 0 Å². The minimum atomic E-state index is 0.806. The molecule has 0 bridgehead atoms. The normalized spacial score (nSPS) is 9.18. The number of benzene rings is 1. The molecule has 0 aliphatic carbocycles. The molecule has 0 N–H and O–H groups in total. The monoisotopic (exact) mass is 168 g/mol. The Morgan fingerprint density at radius 2 is 2.00 bits per heavy atom. The maximum atomic E-state index is 10.1. The van der Waals surface area contributed by atoms with E-state index in [0.717, 1.165) is 28.0 Å². The van der Waals surface area contributed by atoms with Crippen molar-refractivity contribution in [3.8, 4) is 5.75 Å². The van der Waals surface area contributed by atoms with Crippen LogP contribution in [0.2, 0.25) is 0 Å². The first kappa shape index (κ1) is 8.14. The highest BCUT2D eigenvalue weighted by molar-refractivity contribution is 8.11. The lowest BCUT2D eigenvalue weighted by Crippen LogP contribution is -1.80. The molecule has 0 aliphatic rings. The third kappa shape index (κ3) is 2.27. The highest BCUT2D eigenvalue weighted by Gasteiger charge is 1.92. The first-order valence-corrected chi connectivity index (χ1v) is 3.99. The fourth-order valence-electron chi connectivity index (χ4n) is 0.710. The van der Waals surface area contributed by atoms with Crippen LogP contribution in [-0.4, -0.2) is 12.7 Å². The van der Waals surface area contributed by atoms with Gasteiger partial charge < -0.3 is 4.74 Å². The zero-order chi connectivity index (χ0) is 8.10. The number of rotatable bonds is 3. The van der Waals surface area contributed by atoms with Gasteiger partial charge in [0.25, 0.3) is 0 Å². The fourth-order valence-corrected chi connectivity index (χ4v) is 1.11. The molecule has 0 aromatic heterocycles. The van der Waals surface area contributed by atoms with Gasteiger partial charge in [-0.05, 0) is 24.3 Å². The van der Waals surface area contributed by atoms with Gasteiger partial charge in [-0.1, -0.05) is 11.8 Å². The van der Waals surface area contributed by atoms with E-state index in [9.17, 15) is 4.79 Å².